The number of carbonyl (C=O) groups excluding carboxylic acids is 1. The molecule has 0 radical (unpaired) electrons. The fraction of sp³-hybridized carbons (Fsp3) is 0.889. The minimum atomic E-state index is 0.108. The largest absolute Gasteiger partial charge is 0.303 e. The second kappa shape index (κ2) is 1.84. The third-order valence-electron chi connectivity index (χ3n) is 3.51. The van der Waals surface area contributed by atoms with E-state index in [-0.39, 0.29) is 5.41 Å². The molecule has 3 atom stereocenters. The zero-order valence-corrected chi connectivity index (χ0v) is 6.47. The van der Waals surface area contributed by atoms with E-state index in [0.717, 1.165) is 11.8 Å². The number of hydrogen-bond acceptors (Lipinski definition) is 1. The van der Waals surface area contributed by atoms with Crippen molar-refractivity contribution in [1.82, 2.24) is 0 Å². The molecular formula is C9H14O. The molecule has 1 unspecified atom stereocenters. The van der Waals surface area contributed by atoms with Crippen molar-refractivity contribution in [2.45, 2.75) is 32.6 Å². The third kappa shape index (κ3) is 0.609. The Balaban J connectivity index is 2.11. The molecule has 1 heteroatoms. The van der Waals surface area contributed by atoms with Crippen LogP contribution in [0.1, 0.15) is 32.6 Å². The standard InChI is InChI=1S/C9H14O/c1-9(6-10)7-4-2-3-5-8(7)9/h6-8H,2-5H2,1H3/t7-,8+,9?. The van der Waals surface area contributed by atoms with Crippen molar-refractivity contribution in [1.29, 1.82) is 0 Å². The molecule has 0 N–H and O–H groups in total. The van der Waals surface area contributed by atoms with Gasteiger partial charge in [-0.15, -0.1) is 0 Å². The van der Waals surface area contributed by atoms with Crippen LogP contribution in [0.4, 0.5) is 0 Å². The summed E-state index contributed by atoms with van der Waals surface area (Å²) in [6.07, 6.45) is 6.50. The quantitative estimate of drug-likeness (QED) is 0.506. The van der Waals surface area contributed by atoms with Crippen LogP contribution in [0, 0.1) is 17.3 Å². The smallest absolute Gasteiger partial charge is 0.126 e. The van der Waals surface area contributed by atoms with Crippen LogP contribution in [0.25, 0.3) is 0 Å². The molecule has 0 aliphatic heterocycles. The summed E-state index contributed by atoms with van der Waals surface area (Å²) in [5.74, 6) is 1.53. The summed E-state index contributed by atoms with van der Waals surface area (Å²) in [5, 5.41) is 0. The Bertz CT molecular complexity index is 150. The Hall–Kier alpha value is -0.330. The third-order valence-corrected chi connectivity index (χ3v) is 3.51. The van der Waals surface area contributed by atoms with Gasteiger partial charge in [-0.05, 0) is 24.7 Å². The van der Waals surface area contributed by atoms with E-state index in [1.165, 1.54) is 32.0 Å². The first-order valence-corrected chi connectivity index (χ1v) is 4.25. The van der Waals surface area contributed by atoms with E-state index in [9.17, 15) is 4.79 Å². The van der Waals surface area contributed by atoms with Crippen LogP contribution in [0.2, 0.25) is 0 Å². The van der Waals surface area contributed by atoms with Crippen molar-refractivity contribution in [3.63, 3.8) is 0 Å². The molecule has 2 rings (SSSR count). The van der Waals surface area contributed by atoms with Crippen LogP contribution in [0.15, 0.2) is 0 Å². The molecule has 0 aromatic heterocycles. The Labute approximate surface area is 61.8 Å². The molecular weight excluding hydrogens is 124 g/mol. The first-order valence-electron chi connectivity index (χ1n) is 4.25. The second-order valence-corrected chi connectivity index (χ2v) is 3.98. The number of rotatable bonds is 1. The van der Waals surface area contributed by atoms with Gasteiger partial charge in [-0.2, -0.15) is 0 Å². The van der Waals surface area contributed by atoms with Gasteiger partial charge in [0.15, 0.2) is 0 Å². The molecule has 0 spiro atoms. The SMILES string of the molecule is CC1(C=O)[C@@H]2CCCC[C@@H]21. The fourth-order valence-electron chi connectivity index (χ4n) is 2.65. The van der Waals surface area contributed by atoms with Gasteiger partial charge in [0.1, 0.15) is 6.29 Å². The molecule has 1 nitrogen and oxygen atoms in total. The minimum Gasteiger partial charge on any atom is -0.303 e. The van der Waals surface area contributed by atoms with E-state index in [1.54, 1.807) is 0 Å². The molecule has 2 saturated carbocycles. The molecule has 0 heterocycles. The van der Waals surface area contributed by atoms with Crippen LogP contribution in [0.5, 0.6) is 0 Å². The van der Waals surface area contributed by atoms with Crippen LogP contribution in [0.3, 0.4) is 0 Å². The highest BCUT2D eigenvalue weighted by atomic mass is 16.1. The van der Waals surface area contributed by atoms with Crippen molar-refractivity contribution in [2.75, 3.05) is 0 Å². The van der Waals surface area contributed by atoms with E-state index in [2.05, 4.69) is 6.92 Å². The molecule has 0 amide bonds. The van der Waals surface area contributed by atoms with Crippen molar-refractivity contribution in [2.24, 2.45) is 17.3 Å². The van der Waals surface area contributed by atoms with Crippen LogP contribution >= 0.6 is 0 Å². The van der Waals surface area contributed by atoms with Crippen LogP contribution in [-0.4, -0.2) is 6.29 Å². The lowest BCUT2D eigenvalue weighted by molar-refractivity contribution is -0.112. The zero-order valence-electron chi connectivity index (χ0n) is 6.47. The zero-order chi connectivity index (χ0) is 7.19. The summed E-state index contributed by atoms with van der Waals surface area (Å²) in [7, 11) is 0. The molecule has 0 aromatic carbocycles. The van der Waals surface area contributed by atoms with Gasteiger partial charge in [0.05, 0.1) is 0 Å². The average molecular weight is 138 g/mol. The molecule has 0 saturated heterocycles. The summed E-state index contributed by atoms with van der Waals surface area (Å²) < 4.78 is 0. The van der Waals surface area contributed by atoms with Gasteiger partial charge in [0, 0.05) is 5.41 Å². The lowest BCUT2D eigenvalue weighted by Crippen LogP contribution is -1.99. The van der Waals surface area contributed by atoms with E-state index in [0.29, 0.717) is 0 Å². The Kier molecular flexibility index (Phi) is 1.17. The highest BCUT2D eigenvalue weighted by Crippen LogP contribution is 2.63. The van der Waals surface area contributed by atoms with Gasteiger partial charge in [-0.25, -0.2) is 0 Å². The Morgan fingerprint density at radius 2 is 1.80 bits per heavy atom. The molecule has 2 aliphatic carbocycles. The number of hydrogen-bond donors (Lipinski definition) is 0. The molecule has 0 bridgehead atoms. The van der Waals surface area contributed by atoms with Gasteiger partial charge in [0.2, 0.25) is 0 Å². The van der Waals surface area contributed by atoms with Gasteiger partial charge < -0.3 is 4.79 Å². The maximum absolute atomic E-state index is 10.7. The van der Waals surface area contributed by atoms with E-state index >= 15 is 0 Å². The summed E-state index contributed by atoms with van der Waals surface area (Å²) >= 11 is 0. The lowest BCUT2D eigenvalue weighted by Gasteiger charge is -2.04. The highest BCUT2D eigenvalue weighted by molar-refractivity contribution is 5.65. The van der Waals surface area contributed by atoms with Crippen LogP contribution in [-0.2, 0) is 4.79 Å². The summed E-state index contributed by atoms with van der Waals surface area (Å²) in [4.78, 5) is 10.7. The van der Waals surface area contributed by atoms with Gasteiger partial charge >= 0.3 is 0 Å². The normalized spacial score (nSPS) is 51.7. The molecule has 0 aromatic rings. The second-order valence-electron chi connectivity index (χ2n) is 3.98. The predicted molar refractivity (Wildman–Crippen MR) is 39.6 cm³/mol. The highest BCUT2D eigenvalue weighted by Gasteiger charge is 2.60. The van der Waals surface area contributed by atoms with Gasteiger partial charge in [-0.3, -0.25) is 0 Å². The fourth-order valence-corrected chi connectivity index (χ4v) is 2.65. The van der Waals surface area contributed by atoms with Gasteiger partial charge in [-0.1, -0.05) is 19.8 Å². The maximum atomic E-state index is 10.7. The molecule has 2 fully saturated rings. The topological polar surface area (TPSA) is 17.1 Å². The molecule has 10 heavy (non-hydrogen) atoms. The first kappa shape index (κ1) is 6.38. The number of fused-ring (bicyclic) bond motifs is 1. The molecule has 56 valence electrons. The maximum Gasteiger partial charge on any atom is 0.126 e. The van der Waals surface area contributed by atoms with Crippen molar-refractivity contribution >= 4 is 6.29 Å². The van der Waals surface area contributed by atoms with E-state index in [1.807, 2.05) is 0 Å². The summed E-state index contributed by atoms with van der Waals surface area (Å²) in [6.45, 7) is 2.13. The average Bonchev–Trinajstić information content (AvgIpc) is 2.60. The van der Waals surface area contributed by atoms with Crippen molar-refractivity contribution in [3.8, 4) is 0 Å². The minimum absolute atomic E-state index is 0.108. The van der Waals surface area contributed by atoms with Crippen molar-refractivity contribution < 1.29 is 4.79 Å². The van der Waals surface area contributed by atoms with Crippen LogP contribution < -0.4 is 0 Å². The van der Waals surface area contributed by atoms with E-state index < -0.39 is 0 Å². The monoisotopic (exact) mass is 138 g/mol. The predicted octanol–water partition coefficient (Wildman–Crippen LogP) is 2.01. The summed E-state index contributed by atoms with van der Waals surface area (Å²) in [6, 6.07) is 0. The van der Waals surface area contributed by atoms with Crippen molar-refractivity contribution in [3.05, 3.63) is 0 Å². The number of aldehydes is 1. The Morgan fingerprint density at radius 3 is 2.20 bits per heavy atom. The first-order chi connectivity index (χ1) is 4.79. The Morgan fingerprint density at radius 1 is 1.30 bits per heavy atom. The van der Waals surface area contributed by atoms with Gasteiger partial charge in [0.25, 0.3) is 0 Å². The number of carbonyl (C=O) groups is 1. The summed E-state index contributed by atoms with van der Waals surface area (Å²) in [5.41, 5.74) is 0.108. The van der Waals surface area contributed by atoms with E-state index in [4.69, 9.17) is 0 Å². The lowest BCUT2D eigenvalue weighted by atomic mass is 10.0. The molecule has 2 aliphatic rings.